The summed E-state index contributed by atoms with van der Waals surface area (Å²) in [4.78, 5) is 29.4. The van der Waals surface area contributed by atoms with Crippen LogP contribution in [0.1, 0.15) is 69.5 Å². The number of ether oxygens (including phenoxy) is 1. The molecule has 1 aliphatic heterocycles. The number of aromatic amines is 1. The summed E-state index contributed by atoms with van der Waals surface area (Å²) in [5, 5.41) is 27.5. The Bertz CT molecular complexity index is 1690. The number of halogens is 1. The van der Waals surface area contributed by atoms with E-state index in [-0.39, 0.29) is 23.2 Å². The van der Waals surface area contributed by atoms with Crippen molar-refractivity contribution >= 4 is 22.7 Å². The van der Waals surface area contributed by atoms with E-state index in [1.54, 1.807) is 48.5 Å². The van der Waals surface area contributed by atoms with Gasteiger partial charge < -0.3 is 30.2 Å². The number of likely N-dealkylation sites (tertiary alicyclic amines) is 1. The number of hydrogen-bond acceptors (Lipinski definition) is 7. The number of benzene rings is 3. The molecular formula is C38H47FN4O5. The predicted octanol–water partition coefficient (Wildman–Crippen LogP) is 7.11. The monoisotopic (exact) mass is 658 g/mol. The number of unbranched alkanes of at least 4 members (excludes halogenated alkanes) is 6. The van der Waals surface area contributed by atoms with Crippen LogP contribution in [0.25, 0.3) is 22.0 Å². The van der Waals surface area contributed by atoms with E-state index in [1.165, 1.54) is 43.9 Å². The number of rotatable bonds is 16. The van der Waals surface area contributed by atoms with Crippen LogP contribution in [0.5, 0.6) is 5.75 Å². The quantitative estimate of drug-likeness (QED) is 0.0813. The lowest BCUT2D eigenvalue weighted by molar-refractivity contribution is 0.0584. The Labute approximate surface area is 281 Å². The summed E-state index contributed by atoms with van der Waals surface area (Å²) >= 11 is 0. The number of carbonyl (C=O) groups excluding carboxylic acids is 1. The first kappa shape index (κ1) is 35.1. The lowest BCUT2D eigenvalue weighted by Crippen LogP contribution is -2.38. The van der Waals surface area contributed by atoms with Gasteiger partial charge in [0.2, 0.25) is 5.56 Å². The summed E-state index contributed by atoms with van der Waals surface area (Å²) in [6.07, 6.45) is 8.42. The Morgan fingerprint density at radius 1 is 0.896 bits per heavy atom. The van der Waals surface area contributed by atoms with E-state index in [0.717, 1.165) is 58.3 Å². The van der Waals surface area contributed by atoms with Gasteiger partial charge in [0, 0.05) is 42.2 Å². The standard InChI is InChI=1S/C38H47FN4O5/c39-32-14-8-6-12-28(32)29-13-7-9-15-33(29)41-38(47)48-27-20-24-43(25-21-27)23-11-5-3-1-2-4-10-22-40-26-35(45)30-16-18-34(44)37-31(30)17-19-36(46)42-37/h6-9,12-19,27,35,40,44-45H,1-5,10-11,20-26H2,(H,41,47)(H,42,46)/t35-/m0/s1. The summed E-state index contributed by atoms with van der Waals surface area (Å²) in [5.74, 6) is -0.349. The van der Waals surface area contributed by atoms with Gasteiger partial charge in [0.25, 0.3) is 0 Å². The molecule has 0 spiro atoms. The van der Waals surface area contributed by atoms with Gasteiger partial charge in [0.05, 0.1) is 17.3 Å². The molecular weight excluding hydrogens is 611 g/mol. The Morgan fingerprint density at radius 3 is 2.35 bits per heavy atom. The van der Waals surface area contributed by atoms with Crippen LogP contribution in [-0.2, 0) is 4.74 Å². The molecule has 1 atom stereocenters. The maximum Gasteiger partial charge on any atom is 0.411 e. The van der Waals surface area contributed by atoms with E-state index < -0.39 is 12.2 Å². The number of phenols is 1. The number of phenolic OH excluding ortho intramolecular Hbond substituents is 1. The number of carbonyl (C=O) groups is 1. The second kappa shape index (κ2) is 17.8. The van der Waals surface area contributed by atoms with Crippen molar-refractivity contribution in [2.24, 2.45) is 0 Å². The fourth-order valence-corrected chi connectivity index (χ4v) is 6.42. The van der Waals surface area contributed by atoms with Crippen LogP contribution in [0, 0.1) is 5.82 Å². The number of piperidine rings is 1. The number of aromatic hydroxyl groups is 1. The van der Waals surface area contributed by atoms with Crippen LogP contribution in [0.15, 0.2) is 77.6 Å². The highest BCUT2D eigenvalue weighted by atomic mass is 19.1. The number of nitrogens with zero attached hydrogens (tertiary/aromatic N) is 1. The molecule has 1 aromatic heterocycles. The van der Waals surface area contributed by atoms with Crippen LogP contribution in [0.4, 0.5) is 14.9 Å². The topological polar surface area (TPSA) is 127 Å². The van der Waals surface area contributed by atoms with E-state index in [2.05, 4.69) is 20.5 Å². The smallest absolute Gasteiger partial charge is 0.411 e. The molecule has 5 rings (SSSR count). The third-order valence-corrected chi connectivity index (χ3v) is 9.07. The minimum absolute atomic E-state index is 0.0104. The predicted molar refractivity (Wildman–Crippen MR) is 188 cm³/mol. The molecule has 1 aliphatic rings. The molecule has 2 heterocycles. The summed E-state index contributed by atoms with van der Waals surface area (Å²) in [5.41, 5.74) is 2.31. The van der Waals surface area contributed by atoms with Crippen LogP contribution in [-0.4, -0.2) is 65.0 Å². The molecule has 0 aliphatic carbocycles. The number of para-hydroxylation sites is 1. The molecule has 5 N–H and O–H groups in total. The number of H-pyrrole nitrogens is 1. The molecule has 0 radical (unpaired) electrons. The molecule has 0 unspecified atom stereocenters. The molecule has 1 saturated heterocycles. The third kappa shape index (κ3) is 9.88. The molecule has 10 heteroatoms. The molecule has 3 aromatic carbocycles. The van der Waals surface area contributed by atoms with E-state index in [9.17, 15) is 24.2 Å². The fraction of sp³-hybridized carbons (Fsp3) is 0.421. The Morgan fingerprint density at radius 2 is 1.58 bits per heavy atom. The van der Waals surface area contributed by atoms with Crippen molar-refractivity contribution in [2.75, 3.05) is 38.0 Å². The molecule has 256 valence electrons. The highest BCUT2D eigenvalue weighted by molar-refractivity contribution is 5.91. The molecule has 0 bridgehead atoms. The van der Waals surface area contributed by atoms with Gasteiger partial charge in [-0.25, -0.2) is 9.18 Å². The zero-order valence-corrected chi connectivity index (χ0v) is 27.4. The molecule has 1 amide bonds. The van der Waals surface area contributed by atoms with Crippen LogP contribution >= 0.6 is 0 Å². The molecule has 48 heavy (non-hydrogen) atoms. The van der Waals surface area contributed by atoms with Crippen molar-refractivity contribution in [2.45, 2.75) is 70.0 Å². The van der Waals surface area contributed by atoms with Crippen molar-refractivity contribution in [3.8, 4) is 16.9 Å². The van der Waals surface area contributed by atoms with Crippen LogP contribution in [0.2, 0.25) is 0 Å². The van der Waals surface area contributed by atoms with Gasteiger partial charge >= 0.3 is 6.09 Å². The van der Waals surface area contributed by atoms with Crippen molar-refractivity contribution in [3.63, 3.8) is 0 Å². The van der Waals surface area contributed by atoms with Gasteiger partial charge in [0.15, 0.2) is 0 Å². The molecule has 1 fully saturated rings. The number of nitrogens with one attached hydrogen (secondary N) is 3. The van der Waals surface area contributed by atoms with Gasteiger partial charge in [-0.3, -0.25) is 10.1 Å². The first-order valence-corrected chi connectivity index (χ1v) is 17.2. The molecule has 0 saturated carbocycles. The van der Waals surface area contributed by atoms with Crippen LogP contribution < -0.4 is 16.2 Å². The molecule has 4 aromatic rings. The van der Waals surface area contributed by atoms with E-state index in [4.69, 9.17) is 4.74 Å². The second-order valence-corrected chi connectivity index (χ2v) is 12.6. The Kier molecular flexibility index (Phi) is 13.0. The third-order valence-electron chi connectivity index (χ3n) is 9.07. The first-order valence-electron chi connectivity index (χ1n) is 17.2. The lowest BCUT2D eigenvalue weighted by Gasteiger charge is -2.31. The van der Waals surface area contributed by atoms with Gasteiger partial charge in [-0.15, -0.1) is 0 Å². The highest BCUT2D eigenvalue weighted by Gasteiger charge is 2.23. The summed E-state index contributed by atoms with van der Waals surface area (Å²) in [6, 6.07) is 19.9. The number of anilines is 1. The second-order valence-electron chi connectivity index (χ2n) is 12.6. The number of pyridine rings is 1. The van der Waals surface area contributed by atoms with Crippen molar-refractivity contribution in [1.82, 2.24) is 15.2 Å². The SMILES string of the molecule is O=C(Nc1ccccc1-c1ccccc1F)OC1CCN(CCCCCCCCCNC[C@H](O)c2ccc(O)c3[nH]c(=O)ccc23)CC1. The average Bonchev–Trinajstić information content (AvgIpc) is 3.09. The Balaban J connectivity index is 0.882. The van der Waals surface area contributed by atoms with Crippen molar-refractivity contribution < 1.29 is 24.1 Å². The van der Waals surface area contributed by atoms with Crippen molar-refractivity contribution in [1.29, 1.82) is 0 Å². The molecule has 9 nitrogen and oxygen atoms in total. The summed E-state index contributed by atoms with van der Waals surface area (Å²) < 4.78 is 20.1. The van der Waals surface area contributed by atoms with E-state index in [0.29, 0.717) is 39.8 Å². The number of amides is 1. The summed E-state index contributed by atoms with van der Waals surface area (Å²) in [6.45, 7) is 4.11. The number of aliphatic hydroxyl groups is 1. The van der Waals surface area contributed by atoms with E-state index in [1.807, 2.05) is 6.07 Å². The number of hydrogen-bond donors (Lipinski definition) is 5. The first-order chi connectivity index (χ1) is 23.4. The largest absolute Gasteiger partial charge is 0.506 e. The Hall–Kier alpha value is -4.25. The summed E-state index contributed by atoms with van der Waals surface area (Å²) in [7, 11) is 0. The normalized spacial score (nSPS) is 14.6. The number of fused-ring (bicyclic) bond motifs is 1. The van der Waals surface area contributed by atoms with E-state index >= 15 is 0 Å². The lowest BCUT2D eigenvalue weighted by atomic mass is 10.0. The van der Waals surface area contributed by atoms with Gasteiger partial charge in [0.1, 0.15) is 17.7 Å². The maximum atomic E-state index is 14.4. The minimum Gasteiger partial charge on any atom is -0.506 e. The van der Waals surface area contributed by atoms with Gasteiger partial charge in [-0.05, 0) is 68.6 Å². The van der Waals surface area contributed by atoms with Gasteiger partial charge in [-0.2, -0.15) is 0 Å². The maximum absolute atomic E-state index is 14.4. The zero-order valence-electron chi connectivity index (χ0n) is 27.4. The number of aliphatic hydroxyl groups excluding tert-OH is 1. The van der Waals surface area contributed by atoms with Crippen molar-refractivity contribution in [3.05, 3.63) is 94.5 Å². The fourth-order valence-electron chi connectivity index (χ4n) is 6.42. The van der Waals surface area contributed by atoms with Gasteiger partial charge in [-0.1, -0.05) is 74.6 Å². The highest BCUT2D eigenvalue weighted by Crippen LogP contribution is 2.31. The van der Waals surface area contributed by atoms with Crippen LogP contribution in [0.3, 0.4) is 0 Å². The zero-order chi connectivity index (χ0) is 33.7. The number of aromatic nitrogens is 1. The minimum atomic E-state index is -0.738. The average molecular weight is 659 g/mol.